The first-order valence-corrected chi connectivity index (χ1v) is 7.34. The summed E-state index contributed by atoms with van der Waals surface area (Å²) in [6, 6.07) is 10.7. The number of methoxy groups -OCH3 is 4. The van der Waals surface area contributed by atoms with E-state index < -0.39 is 0 Å². The summed E-state index contributed by atoms with van der Waals surface area (Å²) < 4.78 is 20.8. The third-order valence-electron chi connectivity index (χ3n) is 3.56. The average molecular weight is 331 g/mol. The molecule has 0 saturated heterocycles. The van der Waals surface area contributed by atoms with Crippen molar-refractivity contribution in [2.24, 2.45) is 0 Å². The third kappa shape index (κ3) is 3.90. The summed E-state index contributed by atoms with van der Waals surface area (Å²) in [5.41, 5.74) is 1.34. The van der Waals surface area contributed by atoms with Gasteiger partial charge in [-0.2, -0.15) is 0 Å². The first-order chi connectivity index (χ1) is 11.6. The van der Waals surface area contributed by atoms with E-state index in [0.29, 0.717) is 29.4 Å². The van der Waals surface area contributed by atoms with Crippen LogP contribution in [0, 0.1) is 0 Å². The van der Waals surface area contributed by atoms with Gasteiger partial charge in [0.2, 0.25) is 0 Å². The highest BCUT2D eigenvalue weighted by Crippen LogP contribution is 2.34. The number of hydrogen-bond donors (Lipinski definition) is 1. The first kappa shape index (κ1) is 17.5. The van der Waals surface area contributed by atoms with Gasteiger partial charge in [0.1, 0.15) is 11.5 Å². The highest BCUT2D eigenvalue weighted by molar-refractivity contribution is 5.97. The van der Waals surface area contributed by atoms with Gasteiger partial charge < -0.3 is 24.3 Å². The molecule has 1 amide bonds. The Kier molecular flexibility index (Phi) is 5.89. The molecule has 0 saturated carbocycles. The second kappa shape index (κ2) is 8.10. The Labute approximate surface area is 141 Å². The van der Waals surface area contributed by atoms with Gasteiger partial charge in [0, 0.05) is 18.7 Å². The monoisotopic (exact) mass is 331 g/mol. The van der Waals surface area contributed by atoms with Gasteiger partial charge in [0.25, 0.3) is 5.91 Å². The zero-order valence-electron chi connectivity index (χ0n) is 14.2. The molecule has 0 fully saturated rings. The molecule has 6 heteroatoms. The van der Waals surface area contributed by atoms with Crippen molar-refractivity contribution >= 4 is 5.91 Å². The number of ether oxygens (including phenoxy) is 4. The van der Waals surface area contributed by atoms with E-state index in [1.54, 1.807) is 19.2 Å². The molecular formula is C18H21NO5. The standard InChI is InChI=1S/C18H21NO5/c1-21-13-7-5-12(6-8-13)11-19-18(20)14-9-16(23-3)17(24-4)10-15(14)22-2/h5-10H,11H2,1-4H3,(H,19,20). The lowest BCUT2D eigenvalue weighted by molar-refractivity contribution is 0.0947. The molecule has 0 atom stereocenters. The average Bonchev–Trinajstić information content (AvgIpc) is 2.65. The second-order valence-electron chi connectivity index (χ2n) is 4.94. The molecule has 2 aromatic rings. The van der Waals surface area contributed by atoms with Gasteiger partial charge in [-0.05, 0) is 17.7 Å². The normalized spacial score (nSPS) is 10.0. The molecular weight excluding hydrogens is 310 g/mol. The van der Waals surface area contributed by atoms with Crippen molar-refractivity contribution in [3.8, 4) is 23.0 Å². The molecule has 0 heterocycles. The molecule has 128 valence electrons. The summed E-state index contributed by atoms with van der Waals surface area (Å²) in [7, 11) is 6.16. The first-order valence-electron chi connectivity index (χ1n) is 7.34. The number of carbonyl (C=O) groups excluding carboxylic acids is 1. The van der Waals surface area contributed by atoms with Crippen molar-refractivity contribution in [3.05, 3.63) is 47.5 Å². The second-order valence-corrected chi connectivity index (χ2v) is 4.94. The van der Waals surface area contributed by atoms with Crippen molar-refractivity contribution < 1.29 is 23.7 Å². The maximum Gasteiger partial charge on any atom is 0.255 e. The van der Waals surface area contributed by atoms with Crippen LogP contribution in [-0.4, -0.2) is 34.3 Å². The van der Waals surface area contributed by atoms with E-state index in [-0.39, 0.29) is 5.91 Å². The van der Waals surface area contributed by atoms with Gasteiger partial charge in [-0.25, -0.2) is 0 Å². The van der Waals surface area contributed by atoms with E-state index in [2.05, 4.69) is 5.32 Å². The molecule has 2 aromatic carbocycles. The molecule has 0 aromatic heterocycles. The number of rotatable bonds is 7. The quantitative estimate of drug-likeness (QED) is 0.845. The highest BCUT2D eigenvalue weighted by Gasteiger charge is 2.17. The summed E-state index contributed by atoms with van der Waals surface area (Å²) >= 11 is 0. The minimum Gasteiger partial charge on any atom is -0.497 e. The molecule has 0 unspecified atom stereocenters. The SMILES string of the molecule is COc1ccc(CNC(=O)c2cc(OC)c(OC)cc2OC)cc1. The van der Waals surface area contributed by atoms with Gasteiger partial charge in [-0.15, -0.1) is 0 Å². The third-order valence-corrected chi connectivity index (χ3v) is 3.56. The Bertz CT molecular complexity index is 697. The van der Waals surface area contributed by atoms with Crippen molar-refractivity contribution in [1.29, 1.82) is 0 Å². The van der Waals surface area contributed by atoms with Crippen LogP contribution in [-0.2, 0) is 6.54 Å². The van der Waals surface area contributed by atoms with Crippen LogP contribution in [0.2, 0.25) is 0 Å². The molecule has 24 heavy (non-hydrogen) atoms. The largest absolute Gasteiger partial charge is 0.497 e. The van der Waals surface area contributed by atoms with E-state index in [1.807, 2.05) is 24.3 Å². The topological polar surface area (TPSA) is 66.0 Å². The Morgan fingerprint density at radius 2 is 1.42 bits per heavy atom. The fraction of sp³-hybridized carbons (Fsp3) is 0.278. The molecule has 0 aliphatic heterocycles. The molecule has 6 nitrogen and oxygen atoms in total. The lowest BCUT2D eigenvalue weighted by atomic mass is 10.1. The predicted molar refractivity (Wildman–Crippen MR) is 90.3 cm³/mol. The van der Waals surface area contributed by atoms with Crippen molar-refractivity contribution in [1.82, 2.24) is 5.32 Å². The Morgan fingerprint density at radius 3 is 1.96 bits per heavy atom. The van der Waals surface area contributed by atoms with Crippen molar-refractivity contribution in [3.63, 3.8) is 0 Å². The molecule has 1 N–H and O–H groups in total. The van der Waals surface area contributed by atoms with Gasteiger partial charge >= 0.3 is 0 Å². The van der Waals surface area contributed by atoms with Crippen LogP contribution in [0.1, 0.15) is 15.9 Å². The minimum absolute atomic E-state index is 0.261. The summed E-state index contributed by atoms with van der Waals surface area (Å²) in [5, 5.41) is 2.86. The Morgan fingerprint density at radius 1 is 0.833 bits per heavy atom. The molecule has 0 spiro atoms. The Hall–Kier alpha value is -2.89. The fourth-order valence-corrected chi connectivity index (χ4v) is 2.23. The van der Waals surface area contributed by atoms with E-state index >= 15 is 0 Å². The fourth-order valence-electron chi connectivity index (χ4n) is 2.23. The zero-order valence-corrected chi connectivity index (χ0v) is 14.2. The molecule has 0 aliphatic carbocycles. The summed E-state index contributed by atoms with van der Waals surface area (Å²) in [5.74, 6) is 1.89. The Balaban J connectivity index is 2.15. The van der Waals surface area contributed by atoms with E-state index in [4.69, 9.17) is 18.9 Å². The summed E-state index contributed by atoms with van der Waals surface area (Å²) in [6.07, 6.45) is 0. The van der Waals surface area contributed by atoms with Crippen LogP contribution in [0.4, 0.5) is 0 Å². The van der Waals surface area contributed by atoms with Gasteiger partial charge in [0.15, 0.2) is 11.5 Å². The van der Waals surface area contributed by atoms with Crippen LogP contribution in [0.15, 0.2) is 36.4 Å². The summed E-state index contributed by atoms with van der Waals surface area (Å²) in [6.45, 7) is 0.389. The number of carbonyl (C=O) groups is 1. The van der Waals surface area contributed by atoms with E-state index in [0.717, 1.165) is 11.3 Å². The van der Waals surface area contributed by atoms with Crippen LogP contribution < -0.4 is 24.3 Å². The maximum atomic E-state index is 12.5. The number of hydrogen-bond acceptors (Lipinski definition) is 5. The molecule has 2 rings (SSSR count). The number of benzene rings is 2. The molecule has 0 aliphatic rings. The van der Waals surface area contributed by atoms with E-state index in [9.17, 15) is 4.79 Å². The molecule has 0 bridgehead atoms. The summed E-state index contributed by atoms with van der Waals surface area (Å²) in [4.78, 5) is 12.5. The van der Waals surface area contributed by atoms with Crippen LogP contribution >= 0.6 is 0 Å². The van der Waals surface area contributed by atoms with Crippen molar-refractivity contribution in [2.45, 2.75) is 6.54 Å². The highest BCUT2D eigenvalue weighted by atomic mass is 16.5. The van der Waals surface area contributed by atoms with Crippen molar-refractivity contribution in [2.75, 3.05) is 28.4 Å². The van der Waals surface area contributed by atoms with Crippen LogP contribution in [0.3, 0.4) is 0 Å². The minimum atomic E-state index is -0.261. The van der Waals surface area contributed by atoms with E-state index in [1.165, 1.54) is 21.3 Å². The van der Waals surface area contributed by atoms with Gasteiger partial charge in [-0.1, -0.05) is 12.1 Å². The lowest BCUT2D eigenvalue weighted by Gasteiger charge is -2.14. The predicted octanol–water partition coefficient (Wildman–Crippen LogP) is 2.65. The van der Waals surface area contributed by atoms with Crippen LogP contribution in [0.25, 0.3) is 0 Å². The molecule has 0 radical (unpaired) electrons. The number of nitrogens with one attached hydrogen (secondary N) is 1. The smallest absolute Gasteiger partial charge is 0.255 e. The van der Waals surface area contributed by atoms with Gasteiger partial charge in [-0.3, -0.25) is 4.79 Å². The zero-order chi connectivity index (χ0) is 17.5. The number of amides is 1. The van der Waals surface area contributed by atoms with Crippen LogP contribution in [0.5, 0.6) is 23.0 Å². The lowest BCUT2D eigenvalue weighted by Crippen LogP contribution is -2.23. The van der Waals surface area contributed by atoms with Gasteiger partial charge in [0.05, 0.1) is 34.0 Å². The maximum absolute atomic E-state index is 12.5.